The zero-order valence-electron chi connectivity index (χ0n) is 12.1. The molecule has 2 fully saturated rings. The third kappa shape index (κ3) is 4.18. The van der Waals surface area contributed by atoms with Crippen molar-refractivity contribution in [1.82, 2.24) is 15.5 Å². The first-order chi connectivity index (χ1) is 9.56. The first-order valence-corrected chi connectivity index (χ1v) is 7.59. The summed E-state index contributed by atoms with van der Waals surface area (Å²) in [6, 6.07) is -0.583. The zero-order valence-corrected chi connectivity index (χ0v) is 12.1. The van der Waals surface area contributed by atoms with Gasteiger partial charge in [0.15, 0.2) is 0 Å². The maximum atomic E-state index is 12.0. The quantitative estimate of drug-likeness (QED) is 0.708. The number of imide groups is 1. The molecule has 0 aromatic carbocycles. The largest absolute Gasteiger partial charge is 0.392 e. The van der Waals surface area contributed by atoms with Gasteiger partial charge in [-0.15, -0.1) is 0 Å². The molecular formula is C14H25N3O3. The lowest BCUT2D eigenvalue weighted by atomic mass is 10.1. The van der Waals surface area contributed by atoms with Crippen molar-refractivity contribution < 1.29 is 14.7 Å². The molecular weight excluding hydrogens is 258 g/mol. The number of rotatable bonds is 3. The topological polar surface area (TPSA) is 81.7 Å². The number of piperidine rings is 1. The number of aliphatic hydroxyl groups is 1. The van der Waals surface area contributed by atoms with E-state index in [0.29, 0.717) is 6.54 Å². The van der Waals surface area contributed by atoms with E-state index in [1.54, 1.807) is 6.92 Å². The Kier molecular flexibility index (Phi) is 5.37. The molecule has 2 aliphatic rings. The fourth-order valence-electron chi connectivity index (χ4n) is 3.01. The van der Waals surface area contributed by atoms with Crippen LogP contribution in [0.1, 0.15) is 45.4 Å². The minimum absolute atomic E-state index is 0.204. The van der Waals surface area contributed by atoms with Crippen molar-refractivity contribution in [2.75, 3.05) is 13.1 Å². The summed E-state index contributed by atoms with van der Waals surface area (Å²) in [5, 5.41) is 14.9. The number of amides is 3. The van der Waals surface area contributed by atoms with Crippen LogP contribution in [0.3, 0.4) is 0 Å². The Morgan fingerprint density at radius 2 is 1.90 bits per heavy atom. The lowest BCUT2D eigenvalue weighted by molar-refractivity contribution is -0.125. The number of carbonyl (C=O) groups is 2. The molecule has 0 spiro atoms. The highest BCUT2D eigenvalue weighted by atomic mass is 16.3. The highest BCUT2D eigenvalue weighted by Gasteiger charge is 2.27. The Morgan fingerprint density at radius 3 is 2.55 bits per heavy atom. The molecule has 1 heterocycles. The Labute approximate surface area is 119 Å². The van der Waals surface area contributed by atoms with Crippen molar-refractivity contribution in [1.29, 1.82) is 0 Å². The van der Waals surface area contributed by atoms with Crippen molar-refractivity contribution in [2.45, 2.75) is 63.6 Å². The monoisotopic (exact) mass is 283 g/mol. The van der Waals surface area contributed by atoms with Gasteiger partial charge in [-0.05, 0) is 39.2 Å². The van der Waals surface area contributed by atoms with E-state index in [9.17, 15) is 14.7 Å². The molecule has 1 aliphatic heterocycles. The number of hydrogen-bond donors (Lipinski definition) is 3. The van der Waals surface area contributed by atoms with E-state index in [1.807, 2.05) is 4.90 Å². The number of nitrogens with one attached hydrogen (secondary N) is 2. The van der Waals surface area contributed by atoms with Gasteiger partial charge in [-0.2, -0.15) is 0 Å². The number of carbonyl (C=O) groups excluding carboxylic acids is 2. The van der Waals surface area contributed by atoms with Gasteiger partial charge in [0, 0.05) is 12.6 Å². The summed E-state index contributed by atoms with van der Waals surface area (Å²) in [6.07, 6.45) is 5.57. The summed E-state index contributed by atoms with van der Waals surface area (Å²) >= 11 is 0. The van der Waals surface area contributed by atoms with Gasteiger partial charge in [-0.1, -0.05) is 12.8 Å². The molecule has 114 valence electrons. The first kappa shape index (κ1) is 15.3. The number of hydrogen-bond acceptors (Lipinski definition) is 4. The molecule has 1 aliphatic carbocycles. The van der Waals surface area contributed by atoms with E-state index in [1.165, 1.54) is 0 Å². The van der Waals surface area contributed by atoms with Crippen LogP contribution in [-0.2, 0) is 4.79 Å². The molecule has 6 nitrogen and oxygen atoms in total. The maximum Gasteiger partial charge on any atom is 0.321 e. The molecule has 0 aromatic heterocycles. The average molecular weight is 283 g/mol. The van der Waals surface area contributed by atoms with Crippen molar-refractivity contribution in [3.63, 3.8) is 0 Å². The summed E-state index contributed by atoms with van der Waals surface area (Å²) in [5.74, 6) is -0.297. The molecule has 6 heteroatoms. The van der Waals surface area contributed by atoms with Gasteiger partial charge in [0.05, 0.1) is 12.1 Å². The second kappa shape index (κ2) is 7.04. The van der Waals surface area contributed by atoms with Crippen LogP contribution in [0.4, 0.5) is 4.79 Å². The third-order valence-corrected chi connectivity index (χ3v) is 4.28. The molecule has 0 radical (unpaired) electrons. The standard InChI is InChI=1S/C14H25N3O3/c1-10(17-8-4-7-12(18)9-17)13(19)16-14(20)15-11-5-2-3-6-11/h10-12,18H,2-9H2,1H3,(H2,15,16,19,20). The van der Waals surface area contributed by atoms with Crippen LogP contribution in [0.5, 0.6) is 0 Å². The Bertz CT molecular complexity index is 356. The predicted octanol–water partition coefficient (Wildman–Crippen LogP) is 0.600. The van der Waals surface area contributed by atoms with E-state index < -0.39 is 6.03 Å². The summed E-state index contributed by atoms with van der Waals surface area (Å²) in [5.41, 5.74) is 0. The van der Waals surface area contributed by atoms with Gasteiger partial charge in [0.25, 0.3) is 0 Å². The van der Waals surface area contributed by atoms with Gasteiger partial charge >= 0.3 is 6.03 Å². The number of aliphatic hydroxyl groups excluding tert-OH is 1. The van der Waals surface area contributed by atoms with Crippen LogP contribution in [0, 0.1) is 0 Å². The molecule has 1 saturated carbocycles. The third-order valence-electron chi connectivity index (χ3n) is 4.28. The van der Waals surface area contributed by atoms with Gasteiger partial charge in [-0.25, -0.2) is 4.79 Å². The van der Waals surface area contributed by atoms with E-state index in [2.05, 4.69) is 10.6 Å². The van der Waals surface area contributed by atoms with E-state index in [4.69, 9.17) is 0 Å². The fraction of sp³-hybridized carbons (Fsp3) is 0.857. The zero-order chi connectivity index (χ0) is 14.5. The molecule has 0 aromatic rings. The van der Waals surface area contributed by atoms with Crippen LogP contribution >= 0.6 is 0 Å². The second-order valence-corrected chi connectivity index (χ2v) is 5.91. The van der Waals surface area contributed by atoms with Crippen LogP contribution in [0.25, 0.3) is 0 Å². The SMILES string of the molecule is CC(C(=O)NC(=O)NC1CCCC1)N1CCCC(O)C1. The molecule has 1 saturated heterocycles. The number of urea groups is 1. The molecule has 2 rings (SSSR count). The summed E-state index contributed by atoms with van der Waals surface area (Å²) in [4.78, 5) is 25.7. The molecule has 2 atom stereocenters. The molecule has 20 heavy (non-hydrogen) atoms. The summed E-state index contributed by atoms with van der Waals surface area (Å²) < 4.78 is 0. The van der Waals surface area contributed by atoms with Crippen molar-refractivity contribution in [3.05, 3.63) is 0 Å². The fourth-order valence-corrected chi connectivity index (χ4v) is 3.01. The maximum absolute atomic E-state index is 12.0. The average Bonchev–Trinajstić information content (AvgIpc) is 2.90. The van der Waals surface area contributed by atoms with Crippen LogP contribution < -0.4 is 10.6 Å². The van der Waals surface area contributed by atoms with E-state index in [-0.39, 0.29) is 24.1 Å². The van der Waals surface area contributed by atoms with Gasteiger partial charge < -0.3 is 10.4 Å². The summed E-state index contributed by atoms with van der Waals surface area (Å²) in [7, 11) is 0. The molecule has 3 amide bonds. The van der Waals surface area contributed by atoms with Crippen LogP contribution in [-0.4, -0.2) is 53.2 Å². The number of likely N-dealkylation sites (tertiary alicyclic amines) is 1. The molecule has 2 unspecified atom stereocenters. The highest BCUT2D eigenvalue weighted by Crippen LogP contribution is 2.17. The van der Waals surface area contributed by atoms with Crippen molar-refractivity contribution in [2.24, 2.45) is 0 Å². The highest BCUT2D eigenvalue weighted by molar-refractivity contribution is 5.96. The predicted molar refractivity (Wildman–Crippen MR) is 75.2 cm³/mol. The normalized spacial score (nSPS) is 26.2. The Balaban J connectivity index is 1.76. The Hall–Kier alpha value is -1.14. The van der Waals surface area contributed by atoms with Gasteiger partial charge in [0.2, 0.25) is 5.91 Å². The lowest BCUT2D eigenvalue weighted by Crippen LogP contribution is -2.53. The smallest absolute Gasteiger partial charge is 0.321 e. The first-order valence-electron chi connectivity index (χ1n) is 7.59. The number of nitrogens with zero attached hydrogens (tertiary/aromatic N) is 1. The van der Waals surface area contributed by atoms with Crippen molar-refractivity contribution >= 4 is 11.9 Å². The molecule has 0 bridgehead atoms. The van der Waals surface area contributed by atoms with Gasteiger partial charge in [0.1, 0.15) is 0 Å². The summed E-state index contributed by atoms with van der Waals surface area (Å²) in [6.45, 7) is 3.06. The minimum atomic E-state index is -0.397. The van der Waals surface area contributed by atoms with E-state index >= 15 is 0 Å². The van der Waals surface area contributed by atoms with E-state index in [0.717, 1.165) is 45.1 Å². The van der Waals surface area contributed by atoms with Crippen LogP contribution in [0.2, 0.25) is 0 Å². The molecule has 3 N–H and O–H groups in total. The van der Waals surface area contributed by atoms with Crippen LogP contribution in [0.15, 0.2) is 0 Å². The van der Waals surface area contributed by atoms with Gasteiger partial charge in [-0.3, -0.25) is 15.0 Å². The van der Waals surface area contributed by atoms with Crippen molar-refractivity contribution in [3.8, 4) is 0 Å². The Morgan fingerprint density at radius 1 is 1.20 bits per heavy atom. The second-order valence-electron chi connectivity index (χ2n) is 5.91. The minimum Gasteiger partial charge on any atom is -0.392 e. The number of β-amino-alcohol motifs (C(OH)–C–C–N with tert-alkyl or cyclic N) is 1. The lowest BCUT2D eigenvalue weighted by Gasteiger charge is -2.33.